The van der Waals surface area contributed by atoms with Crippen molar-refractivity contribution >= 4 is 27.9 Å². The van der Waals surface area contributed by atoms with E-state index >= 15 is 0 Å². The fourth-order valence-electron chi connectivity index (χ4n) is 5.10. The molecule has 11 heteroatoms. The summed E-state index contributed by atoms with van der Waals surface area (Å²) in [6, 6.07) is 6.03. The van der Waals surface area contributed by atoms with Crippen molar-refractivity contribution in [2.24, 2.45) is 13.0 Å². The molecule has 0 saturated carbocycles. The zero-order valence-electron chi connectivity index (χ0n) is 23.1. The minimum absolute atomic E-state index is 0.0516. The molecule has 0 spiro atoms. The van der Waals surface area contributed by atoms with E-state index in [2.05, 4.69) is 4.98 Å². The van der Waals surface area contributed by atoms with E-state index in [-0.39, 0.29) is 36.2 Å². The van der Waals surface area contributed by atoms with E-state index in [1.165, 1.54) is 29.0 Å². The molecule has 0 radical (unpaired) electrons. The van der Waals surface area contributed by atoms with Gasteiger partial charge in [-0.25, -0.2) is 18.7 Å². The highest BCUT2D eigenvalue weighted by molar-refractivity contribution is 7.92. The molecule has 0 saturated heterocycles. The molecule has 0 fully saturated rings. The topological polar surface area (TPSA) is 126 Å². The number of halogens is 1. The maximum absolute atomic E-state index is 13.9. The molecule has 214 valence electrons. The summed E-state index contributed by atoms with van der Waals surface area (Å²) >= 11 is 0. The van der Waals surface area contributed by atoms with Crippen molar-refractivity contribution in [2.45, 2.75) is 63.5 Å². The van der Waals surface area contributed by atoms with E-state index in [1.54, 1.807) is 42.8 Å². The van der Waals surface area contributed by atoms with E-state index < -0.39 is 27.9 Å². The van der Waals surface area contributed by atoms with Crippen molar-refractivity contribution in [1.82, 2.24) is 14.5 Å². The van der Waals surface area contributed by atoms with Crippen molar-refractivity contribution < 1.29 is 27.8 Å². The van der Waals surface area contributed by atoms with Crippen LogP contribution in [0.2, 0.25) is 0 Å². The highest BCUT2D eigenvalue weighted by Crippen LogP contribution is 2.42. The highest BCUT2D eigenvalue weighted by Gasteiger charge is 2.35. The Morgan fingerprint density at radius 3 is 2.50 bits per heavy atom. The largest absolute Gasteiger partial charge is 0.481 e. The Morgan fingerprint density at radius 2 is 1.90 bits per heavy atom. The standard InChI is InChI=1S/C29H35FN4O5S/c1-18(2)28-23(12-11-22(35)14-19(3)15-26(36)37)27(20-7-9-21(30)10-8-20)24-6-5-13-34(29(24)32-28)40(38,39)25-16-33(4)17-31-25/h7-12,16-19,22,35H,5-6,13-15H2,1-4H3,(H,36,37)/b12-11+/t19-,22-/m1/s1. The molecule has 4 rings (SSSR count). The number of carbonyl (C=O) groups is 1. The summed E-state index contributed by atoms with van der Waals surface area (Å²) in [7, 11) is -2.29. The predicted molar refractivity (Wildman–Crippen MR) is 151 cm³/mol. The second-order valence-corrected chi connectivity index (χ2v) is 12.5. The van der Waals surface area contributed by atoms with Crippen LogP contribution in [0.15, 0.2) is 47.9 Å². The van der Waals surface area contributed by atoms with E-state index in [0.717, 1.165) is 11.1 Å². The lowest BCUT2D eigenvalue weighted by molar-refractivity contribution is -0.138. The third-order valence-electron chi connectivity index (χ3n) is 6.93. The quantitative estimate of drug-likeness (QED) is 0.360. The first-order valence-corrected chi connectivity index (χ1v) is 14.7. The molecule has 1 aliphatic rings. The van der Waals surface area contributed by atoms with Gasteiger partial charge in [-0.1, -0.05) is 45.1 Å². The van der Waals surface area contributed by atoms with Crippen LogP contribution in [-0.2, 0) is 28.3 Å². The number of nitrogens with zero attached hydrogens (tertiary/aromatic N) is 4. The number of aliphatic hydroxyl groups excluding tert-OH is 1. The van der Waals surface area contributed by atoms with Crippen molar-refractivity contribution in [3.8, 4) is 11.1 Å². The average molecular weight is 571 g/mol. The Kier molecular flexibility index (Phi) is 8.74. The van der Waals surface area contributed by atoms with Gasteiger partial charge in [0.05, 0.1) is 18.1 Å². The van der Waals surface area contributed by atoms with Gasteiger partial charge < -0.3 is 14.8 Å². The van der Waals surface area contributed by atoms with Crippen LogP contribution < -0.4 is 4.31 Å². The summed E-state index contributed by atoms with van der Waals surface area (Å²) in [5.41, 5.74) is 3.49. The number of carboxylic acid groups (broad SMARTS) is 1. The molecule has 0 bridgehead atoms. The molecule has 0 unspecified atom stereocenters. The van der Waals surface area contributed by atoms with Gasteiger partial charge in [-0.2, -0.15) is 8.42 Å². The monoisotopic (exact) mass is 570 g/mol. The Labute approximate surface area is 234 Å². The van der Waals surface area contributed by atoms with Crippen LogP contribution in [0.1, 0.15) is 62.8 Å². The second kappa shape index (κ2) is 11.9. The van der Waals surface area contributed by atoms with Crippen LogP contribution in [-0.4, -0.2) is 51.8 Å². The highest BCUT2D eigenvalue weighted by atomic mass is 32.2. The average Bonchev–Trinajstić information content (AvgIpc) is 3.33. The minimum atomic E-state index is -3.99. The van der Waals surface area contributed by atoms with Gasteiger partial charge in [-0.3, -0.25) is 4.79 Å². The van der Waals surface area contributed by atoms with Gasteiger partial charge in [0.25, 0.3) is 10.0 Å². The number of hydrogen-bond acceptors (Lipinski definition) is 6. The first-order chi connectivity index (χ1) is 18.9. The number of aliphatic carboxylic acids is 1. The van der Waals surface area contributed by atoms with Crippen LogP contribution in [0.4, 0.5) is 10.2 Å². The molecule has 1 aromatic carbocycles. The summed E-state index contributed by atoms with van der Waals surface area (Å²) < 4.78 is 44.2. The van der Waals surface area contributed by atoms with E-state index in [4.69, 9.17) is 10.1 Å². The van der Waals surface area contributed by atoms with E-state index in [0.29, 0.717) is 35.5 Å². The molecule has 0 amide bonds. The van der Waals surface area contributed by atoms with Gasteiger partial charge >= 0.3 is 5.97 Å². The number of imidazole rings is 1. The van der Waals surface area contributed by atoms with Crippen LogP contribution in [0.25, 0.3) is 17.2 Å². The van der Waals surface area contributed by atoms with Gasteiger partial charge in [-0.15, -0.1) is 0 Å². The van der Waals surface area contributed by atoms with E-state index in [9.17, 15) is 22.7 Å². The Morgan fingerprint density at radius 1 is 1.20 bits per heavy atom. The fraction of sp³-hybridized carbons (Fsp3) is 0.414. The maximum Gasteiger partial charge on any atom is 0.303 e. The SMILES string of the molecule is CC(C)c1nc2c(c(-c3ccc(F)cc3)c1/C=C/[C@@H](O)C[C@@H](C)CC(=O)O)CCCN2S(=O)(=O)c1cn(C)cn1. The number of carboxylic acids is 1. The number of aliphatic hydroxyl groups is 1. The Hall–Kier alpha value is -3.57. The van der Waals surface area contributed by atoms with Gasteiger partial charge in [0.1, 0.15) is 11.6 Å². The first-order valence-electron chi connectivity index (χ1n) is 13.3. The summed E-state index contributed by atoms with van der Waals surface area (Å²) in [5.74, 6) is -1.34. The summed E-state index contributed by atoms with van der Waals surface area (Å²) in [6.07, 6.45) is 6.70. The van der Waals surface area contributed by atoms with Crippen molar-refractivity contribution in [3.63, 3.8) is 0 Å². The molecule has 3 aromatic rings. The molecule has 2 N–H and O–H groups in total. The van der Waals surface area contributed by atoms with E-state index in [1.807, 2.05) is 13.8 Å². The number of fused-ring (bicyclic) bond motifs is 1. The number of aryl methyl sites for hydroxylation is 1. The number of anilines is 1. The fourth-order valence-corrected chi connectivity index (χ4v) is 6.55. The number of aromatic nitrogens is 3. The molecule has 1 aliphatic heterocycles. The third kappa shape index (κ3) is 6.26. The summed E-state index contributed by atoms with van der Waals surface area (Å²) in [4.78, 5) is 20.0. The van der Waals surface area contributed by atoms with Crippen LogP contribution >= 0.6 is 0 Å². The molecule has 2 atom stereocenters. The van der Waals surface area contributed by atoms with Gasteiger partial charge in [0, 0.05) is 37.3 Å². The first kappa shape index (κ1) is 29.4. The second-order valence-electron chi connectivity index (χ2n) is 10.7. The number of benzene rings is 1. The number of sulfonamides is 1. The lowest BCUT2D eigenvalue weighted by atomic mass is 9.87. The zero-order chi connectivity index (χ0) is 29.2. The predicted octanol–water partition coefficient (Wildman–Crippen LogP) is 4.76. The lowest BCUT2D eigenvalue weighted by Gasteiger charge is -2.32. The Bertz CT molecular complexity index is 1520. The van der Waals surface area contributed by atoms with Crippen molar-refractivity contribution in [2.75, 3.05) is 10.8 Å². The summed E-state index contributed by atoms with van der Waals surface area (Å²) in [6.45, 7) is 5.92. The molecular formula is C29H35FN4O5S. The molecule has 2 aromatic heterocycles. The van der Waals surface area contributed by atoms with Crippen molar-refractivity contribution in [3.05, 3.63) is 65.5 Å². The number of hydrogen-bond donors (Lipinski definition) is 2. The minimum Gasteiger partial charge on any atom is -0.481 e. The van der Waals surface area contributed by atoms with Gasteiger partial charge in [0.2, 0.25) is 0 Å². The van der Waals surface area contributed by atoms with Gasteiger partial charge in [-0.05, 0) is 54.4 Å². The van der Waals surface area contributed by atoms with Crippen LogP contribution in [0.5, 0.6) is 0 Å². The number of pyridine rings is 1. The van der Waals surface area contributed by atoms with Crippen LogP contribution in [0.3, 0.4) is 0 Å². The Balaban J connectivity index is 1.89. The smallest absolute Gasteiger partial charge is 0.303 e. The molecule has 40 heavy (non-hydrogen) atoms. The van der Waals surface area contributed by atoms with Crippen molar-refractivity contribution in [1.29, 1.82) is 0 Å². The number of rotatable bonds is 10. The molecule has 3 heterocycles. The molecule has 9 nitrogen and oxygen atoms in total. The normalized spacial score (nSPS) is 15.4. The summed E-state index contributed by atoms with van der Waals surface area (Å²) in [5, 5.41) is 19.7. The molecular weight excluding hydrogens is 535 g/mol. The lowest BCUT2D eigenvalue weighted by Crippen LogP contribution is -2.37. The van der Waals surface area contributed by atoms with Gasteiger partial charge in [0.15, 0.2) is 5.03 Å². The third-order valence-corrected chi connectivity index (χ3v) is 8.61. The maximum atomic E-state index is 13.9. The van der Waals surface area contributed by atoms with Crippen LogP contribution in [0, 0.1) is 11.7 Å². The molecule has 0 aliphatic carbocycles. The zero-order valence-corrected chi connectivity index (χ0v) is 23.9.